The van der Waals surface area contributed by atoms with Crippen molar-refractivity contribution in [3.05, 3.63) is 0 Å². The van der Waals surface area contributed by atoms with E-state index in [0.717, 1.165) is 0 Å². The Bertz CT molecular complexity index is 170. The number of hydrogen-bond donors (Lipinski definition) is 0. The Morgan fingerprint density at radius 3 is 2.64 bits per heavy atom. The van der Waals surface area contributed by atoms with E-state index in [1.165, 1.54) is 7.11 Å². The summed E-state index contributed by atoms with van der Waals surface area (Å²) in [5, 5.41) is 0.338. The van der Waals surface area contributed by atoms with E-state index in [4.69, 9.17) is 0 Å². The minimum atomic E-state index is -0.260. The van der Waals surface area contributed by atoms with Crippen LogP contribution in [0.3, 0.4) is 0 Å². The molecule has 2 unspecified atom stereocenters. The third-order valence-electron chi connectivity index (χ3n) is 1.84. The summed E-state index contributed by atoms with van der Waals surface area (Å²) in [4.78, 5) is 21.8. The Morgan fingerprint density at radius 2 is 2.18 bits per heavy atom. The van der Waals surface area contributed by atoms with Crippen LogP contribution in [0.1, 0.15) is 6.42 Å². The summed E-state index contributed by atoms with van der Waals surface area (Å²) in [5.41, 5.74) is 0. The van der Waals surface area contributed by atoms with Gasteiger partial charge in [0.25, 0.3) is 0 Å². The first-order chi connectivity index (χ1) is 5.20. The average molecular weight is 221 g/mol. The molecule has 0 aromatic carbocycles. The molecular formula is C7H9BrO3. The zero-order valence-electron chi connectivity index (χ0n) is 6.17. The number of halogens is 1. The van der Waals surface area contributed by atoms with Crippen LogP contribution in [0.15, 0.2) is 0 Å². The number of methoxy groups -OCH3 is 1. The smallest absolute Gasteiger partial charge is 0.309 e. The average Bonchev–Trinajstić information content (AvgIpc) is 2.80. The number of carbonyl (C=O) groups is 2. The number of carbonyl (C=O) groups excluding carboxylic acids is 2. The van der Waals surface area contributed by atoms with Crippen LogP contribution in [0.25, 0.3) is 0 Å². The summed E-state index contributed by atoms with van der Waals surface area (Å²) in [5.74, 6) is -0.406. The van der Waals surface area contributed by atoms with E-state index in [1.807, 2.05) is 0 Å². The van der Waals surface area contributed by atoms with Gasteiger partial charge in [-0.3, -0.25) is 9.59 Å². The highest BCUT2D eigenvalue weighted by molar-refractivity contribution is 9.09. The number of Topliss-reactive ketones (excluding diaryl/α,β-unsaturated/α-hetero) is 1. The van der Waals surface area contributed by atoms with E-state index < -0.39 is 0 Å². The van der Waals surface area contributed by atoms with Crippen LogP contribution < -0.4 is 0 Å². The minimum absolute atomic E-state index is 0.0816. The van der Waals surface area contributed by atoms with Gasteiger partial charge in [-0.15, -0.1) is 0 Å². The molecule has 11 heavy (non-hydrogen) atoms. The lowest BCUT2D eigenvalue weighted by Crippen LogP contribution is -2.10. The van der Waals surface area contributed by atoms with Crippen molar-refractivity contribution in [1.82, 2.24) is 0 Å². The number of rotatable bonds is 3. The first kappa shape index (κ1) is 8.71. The number of ether oxygens (including phenoxy) is 1. The van der Waals surface area contributed by atoms with Crippen molar-refractivity contribution in [2.45, 2.75) is 6.42 Å². The first-order valence-electron chi connectivity index (χ1n) is 3.37. The van der Waals surface area contributed by atoms with E-state index in [-0.39, 0.29) is 23.6 Å². The Labute approximate surface area is 73.2 Å². The van der Waals surface area contributed by atoms with Gasteiger partial charge in [0.15, 0.2) is 0 Å². The number of alkyl halides is 1. The second kappa shape index (κ2) is 3.34. The fourth-order valence-electron chi connectivity index (χ4n) is 1.06. The SMILES string of the molecule is COC(=O)C1CC1C(=O)CBr. The molecule has 4 heteroatoms. The van der Waals surface area contributed by atoms with Crippen molar-refractivity contribution in [3.8, 4) is 0 Å². The molecule has 0 aromatic rings. The maximum Gasteiger partial charge on any atom is 0.309 e. The normalized spacial score (nSPS) is 27.8. The Hall–Kier alpha value is -0.380. The third kappa shape index (κ3) is 1.80. The summed E-state index contributed by atoms with van der Waals surface area (Å²) in [7, 11) is 1.34. The monoisotopic (exact) mass is 220 g/mol. The molecule has 0 aliphatic heterocycles. The van der Waals surface area contributed by atoms with Gasteiger partial charge in [-0.05, 0) is 6.42 Å². The van der Waals surface area contributed by atoms with Gasteiger partial charge in [-0.25, -0.2) is 0 Å². The largest absolute Gasteiger partial charge is 0.469 e. The van der Waals surface area contributed by atoms with Crippen molar-refractivity contribution in [1.29, 1.82) is 0 Å². The fourth-order valence-corrected chi connectivity index (χ4v) is 1.48. The van der Waals surface area contributed by atoms with Gasteiger partial charge in [-0.2, -0.15) is 0 Å². The molecule has 1 fully saturated rings. The highest BCUT2D eigenvalue weighted by atomic mass is 79.9. The van der Waals surface area contributed by atoms with Crippen molar-refractivity contribution in [3.63, 3.8) is 0 Å². The Kier molecular flexibility index (Phi) is 2.65. The van der Waals surface area contributed by atoms with Crippen molar-refractivity contribution >= 4 is 27.7 Å². The highest BCUT2D eigenvalue weighted by Gasteiger charge is 2.47. The molecule has 0 amide bonds. The van der Waals surface area contributed by atoms with Crippen molar-refractivity contribution < 1.29 is 14.3 Å². The Balaban J connectivity index is 2.37. The van der Waals surface area contributed by atoms with E-state index >= 15 is 0 Å². The molecule has 0 aromatic heterocycles. The molecule has 0 bridgehead atoms. The van der Waals surface area contributed by atoms with Gasteiger partial charge in [0.2, 0.25) is 0 Å². The summed E-state index contributed by atoms with van der Waals surface area (Å²) in [6.45, 7) is 0. The van der Waals surface area contributed by atoms with Crippen molar-refractivity contribution in [2.75, 3.05) is 12.4 Å². The molecule has 1 saturated carbocycles. The molecule has 3 nitrogen and oxygen atoms in total. The zero-order valence-corrected chi connectivity index (χ0v) is 7.76. The molecule has 0 saturated heterocycles. The third-order valence-corrected chi connectivity index (χ3v) is 2.39. The fraction of sp³-hybridized carbons (Fsp3) is 0.714. The molecular weight excluding hydrogens is 212 g/mol. The van der Waals surface area contributed by atoms with E-state index in [9.17, 15) is 9.59 Å². The predicted molar refractivity (Wildman–Crippen MR) is 42.4 cm³/mol. The maximum atomic E-state index is 11.0. The molecule has 0 spiro atoms. The van der Waals surface area contributed by atoms with Crippen LogP contribution in [0, 0.1) is 11.8 Å². The summed E-state index contributed by atoms with van der Waals surface area (Å²) in [6, 6.07) is 0. The van der Waals surface area contributed by atoms with Crippen LogP contribution in [0.5, 0.6) is 0 Å². The van der Waals surface area contributed by atoms with Crippen LogP contribution in [-0.4, -0.2) is 24.2 Å². The summed E-state index contributed by atoms with van der Waals surface area (Å²) < 4.78 is 4.49. The molecule has 1 rings (SSSR count). The van der Waals surface area contributed by atoms with Gasteiger partial charge >= 0.3 is 5.97 Å². The maximum absolute atomic E-state index is 11.0. The molecule has 0 radical (unpaired) electrons. The van der Waals surface area contributed by atoms with E-state index in [0.29, 0.717) is 11.8 Å². The molecule has 2 atom stereocenters. The lowest BCUT2D eigenvalue weighted by Gasteiger charge is -1.94. The van der Waals surface area contributed by atoms with E-state index in [2.05, 4.69) is 20.7 Å². The predicted octanol–water partition coefficient (Wildman–Crippen LogP) is 0.759. The first-order valence-corrected chi connectivity index (χ1v) is 4.49. The minimum Gasteiger partial charge on any atom is -0.469 e. The summed E-state index contributed by atoms with van der Waals surface area (Å²) in [6.07, 6.45) is 0.664. The molecule has 0 N–H and O–H groups in total. The molecule has 1 aliphatic carbocycles. The summed E-state index contributed by atoms with van der Waals surface area (Å²) >= 11 is 3.05. The van der Waals surface area contributed by atoms with Crippen LogP contribution >= 0.6 is 15.9 Å². The topological polar surface area (TPSA) is 43.4 Å². The lowest BCUT2D eigenvalue weighted by atomic mass is 10.2. The van der Waals surface area contributed by atoms with Gasteiger partial charge in [0, 0.05) is 5.92 Å². The number of hydrogen-bond acceptors (Lipinski definition) is 3. The van der Waals surface area contributed by atoms with Gasteiger partial charge in [0.05, 0.1) is 18.4 Å². The molecule has 0 heterocycles. The zero-order chi connectivity index (χ0) is 8.43. The molecule has 62 valence electrons. The van der Waals surface area contributed by atoms with Gasteiger partial charge in [-0.1, -0.05) is 15.9 Å². The molecule has 1 aliphatic rings. The van der Waals surface area contributed by atoms with Gasteiger partial charge < -0.3 is 4.74 Å². The van der Waals surface area contributed by atoms with Crippen molar-refractivity contribution in [2.24, 2.45) is 11.8 Å². The van der Waals surface area contributed by atoms with Crippen LogP contribution in [0.2, 0.25) is 0 Å². The van der Waals surface area contributed by atoms with Crippen LogP contribution in [-0.2, 0) is 14.3 Å². The quantitative estimate of drug-likeness (QED) is 0.522. The highest BCUT2D eigenvalue weighted by Crippen LogP contribution is 2.40. The van der Waals surface area contributed by atoms with Gasteiger partial charge in [0.1, 0.15) is 5.78 Å². The second-order valence-electron chi connectivity index (χ2n) is 2.57. The second-order valence-corrected chi connectivity index (χ2v) is 3.13. The number of ketones is 1. The Morgan fingerprint density at radius 1 is 1.55 bits per heavy atom. The number of esters is 1. The lowest BCUT2D eigenvalue weighted by molar-refractivity contribution is -0.143. The standard InChI is InChI=1S/C7H9BrO3/c1-11-7(10)5-2-4(5)6(9)3-8/h4-5H,2-3H2,1H3. The van der Waals surface area contributed by atoms with E-state index in [1.54, 1.807) is 0 Å². The van der Waals surface area contributed by atoms with Crippen LogP contribution in [0.4, 0.5) is 0 Å².